The molecule has 0 saturated heterocycles. The van der Waals surface area contributed by atoms with E-state index >= 15 is 0 Å². The Labute approximate surface area is 204 Å². The van der Waals surface area contributed by atoms with Crippen LogP contribution in [0, 0.1) is 23.7 Å². The first-order valence-corrected chi connectivity index (χ1v) is 14.5. The molecule has 3 rings (SSSR count). The molecule has 0 radical (unpaired) electrons. The lowest BCUT2D eigenvalue weighted by atomic mass is 9.68. The molecule has 186 valence electrons. The van der Waals surface area contributed by atoms with Gasteiger partial charge in [-0.05, 0) is 86.3 Å². The normalized spacial score (nSPS) is 25.6. The van der Waals surface area contributed by atoms with Crippen molar-refractivity contribution in [3.8, 4) is 5.75 Å². The molecular formula is C31H50O2. The van der Waals surface area contributed by atoms with Crippen molar-refractivity contribution in [1.82, 2.24) is 0 Å². The number of rotatable bonds is 13. The van der Waals surface area contributed by atoms with Gasteiger partial charge in [0.05, 0.1) is 0 Å². The summed E-state index contributed by atoms with van der Waals surface area (Å²) in [6.45, 7) is 4.31. The summed E-state index contributed by atoms with van der Waals surface area (Å²) in [7, 11) is 0. The number of ether oxygens (including phenoxy) is 1. The van der Waals surface area contributed by atoms with Crippen LogP contribution in [0.15, 0.2) is 24.3 Å². The number of aryl methyl sites for hydroxylation is 1. The van der Waals surface area contributed by atoms with Gasteiger partial charge in [0.1, 0.15) is 5.75 Å². The fourth-order valence-corrected chi connectivity index (χ4v) is 6.41. The zero-order valence-electron chi connectivity index (χ0n) is 21.7. The average molecular weight is 455 g/mol. The Morgan fingerprint density at radius 2 is 1.30 bits per heavy atom. The molecule has 0 aromatic heterocycles. The maximum Gasteiger partial charge on any atom is 0.311 e. The van der Waals surface area contributed by atoms with Gasteiger partial charge in [-0.25, -0.2) is 0 Å². The van der Waals surface area contributed by atoms with Crippen LogP contribution in [0.5, 0.6) is 5.75 Å². The van der Waals surface area contributed by atoms with Crippen molar-refractivity contribution in [2.45, 2.75) is 129 Å². The molecule has 0 heterocycles. The maximum atomic E-state index is 11.6. The van der Waals surface area contributed by atoms with Gasteiger partial charge in [0.15, 0.2) is 0 Å². The van der Waals surface area contributed by atoms with Gasteiger partial charge in [0.2, 0.25) is 0 Å². The third-order valence-corrected chi connectivity index (χ3v) is 8.62. The molecule has 0 spiro atoms. The average Bonchev–Trinajstić information content (AvgIpc) is 2.84. The monoisotopic (exact) mass is 454 g/mol. The quantitative estimate of drug-likeness (QED) is 0.169. The van der Waals surface area contributed by atoms with E-state index < -0.39 is 0 Å². The molecule has 2 aliphatic rings. The lowest BCUT2D eigenvalue weighted by Gasteiger charge is -2.38. The molecule has 0 aliphatic heterocycles. The van der Waals surface area contributed by atoms with E-state index in [2.05, 4.69) is 19.1 Å². The van der Waals surface area contributed by atoms with E-state index in [0.29, 0.717) is 12.2 Å². The highest BCUT2D eigenvalue weighted by Gasteiger charge is 2.30. The lowest BCUT2D eigenvalue weighted by molar-refractivity contribution is -0.134. The third kappa shape index (κ3) is 9.45. The van der Waals surface area contributed by atoms with Crippen LogP contribution in [-0.2, 0) is 11.2 Å². The summed E-state index contributed by atoms with van der Waals surface area (Å²) < 4.78 is 5.37. The maximum absolute atomic E-state index is 11.6. The van der Waals surface area contributed by atoms with E-state index in [-0.39, 0.29) is 5.97 Å². The molecule has 33 heavy (non-hydrogen) atoms. The highest BCUT2D eigenvalue weighted by Crippen LogP contribution is 2.43. The summed E-state index contributed by atoms with van der Waals surface area (Å²) in [4.78, 5) is 11.6. The standard InChI is InChI=1S/C31H50O2/c1-3-5-6-7-8-10-25-13-19-28(20-14-25)29-21-15-26(16-22-29)11-12-27-17-23-30(24-18-27)33-31(32)9-4-2/h17-18,23-26,28-29H,3-16,19-22H2,1-2H3. The van der Waals surface area contributed by atoms with Crippen LogP contribution in [-0.4, -0.2) is 5.97 Å². The molecule has 2 fully saturated rings. The van der Waals surface area contributed by atoms with E-state index in [1.54, 1.807) is 0 Å². The number of benzene rings is 1. The molecule has 1 aromatic carbocycles. The number of esters is 1. The summed E-state index contributed by atoms with van der Waals surface area (Å²) in [5, 5.41) is 0. The smallest absolute Gasteiger partial charge is 0.311 e. The van der Waals surface area contributed by atoms with Gasteiger partial charge in [-0.3, -0.25) is 4.79 Å². The molecule has 0 unspecified atom stereocenters. The Bertz CT molecular complexity index is 648. The zero-order chi connectivity index (χ0) is 23.3. The third-order valence-electron chi connectivity index (χ3n) is 8.62. The van der Waals surface area contributed by atoms with Crippen LogP contribution in [0.4, 0.5) is 0 Å². The van der Waals surface area contributed by atoms with E-state index in [1.165, 1.54) is 102 Å². The Kier molecular flexibility index (Phi) is 11.8. The van der Waals surface area contributed by atoms with Gasteiger partial charge in [-0.15, -0.1) is 0 Å². The first-order valence-electron chi connectivity index (χ1n) is 14.5. The Balaban J connectivity index is 1.28. The second kappa shape index (κ2) is 14.8. The number of hydrogen-bond acceptors (Lipinski definition) is 2. The molecule has 2 aliphatic carbocycles. The van der Waals surface area contributed by atoms with E-state index in [4.69, 9.17) is 4.74 Å². The number of carbonyl (C=O) groups is 1. The van der Waals surface area contributed by atoms with Crippen molar-refractivity contribution in [3.05, 3.63) is 29.8 Å². The first-order chi connectivity index (χ1) is 16.2. The lowest BCUT2D eigenvalue weighted by Crippen LogP contribution is -2.26. The van der Waals surface area contributed by atoms with Crippen molar-refractivity contribution >= 4 is 5.97 Å². The van der Waals surface area contributed by atoms with Crippen molar-refractivity contribution in [3.63, 3.8) is 0 Å². The van der Waals surface area contributed by atoms with Gasteiger partial charge in [0, 0.05) is 6.42 Å². The fraction of sp³-hybridized carbons (Fsp3) is 0.774. The zero-order valence-corrected chi connectivity index (χ0v) is 21.7. The summed E-state index contributed by atoms with van der Waals surface area (Å²) in [5.41, 5.74) is 1.38. The predicted octanol–water partition coefficient (Wildman–Crippen LogP) is 9.30. The predicted molar refractivity (Wildman–Crippen MR) is 140 cm³/mol. The van der Waals surface area contributed by atoms with Crippen molar-refractivity contribution < 1.29 is 9.53 Å². The molecule has 0 bridgehead atoms. The topological polar surface area (TPSA) is 26.3 Å². The minimum atomic E-state index is -0.127. The molecule has 1 aromatic rings. The van der Waals surface area contributed by atoms with Crippen LogP contribution in [0.3, 0.4) is 0 Å². The van der Waals surface area contributed by atoms with E-state index in [9.17, 15) is 4.79 Å². The second-order valence-electron chi connectivity index (χ2n) is 11.2. The van der Waals surface area contributed by atoms with Crippen LogP contribution < -0.4 is 4.74 Å². The van der Waals surface area contributed by atoms with Crippen LogP contribution >= 0.6 is 0 Å². The highest BCUT2D eigenvalue weighted by molar-refractivity contribution is 5.72. The summed E-state index contributed by atoms with van der Waals surface area (Å²) >= 11 is 0. The van der Waals surface area contributed by atoms with Crippen LogP contribution in [0.25, 0.3) is 0 Å². The van der Waals surface area contributed by atoms with Gasteiger partial charge < -0.3 is 4.74 Å². The molecule has 2 nitrogen and oxygen atoms in total. The van der Waals surface area contributed by atoms with E-state index in [1.807, 2.05) is 19.1 Å². The SMILES string of the molecule is CCCCCCCC1CCC(C2CCC(CCc3ccc(OC(=O)CCC)cc3)CC2)CC1. The Morgan fingerprint density at radius 1 is 0.727 bits per heavy atom. The van der Waals surface area contributed by atoms with Crippen LogP contribution in [0.2, 0.25) is 0 Å². The largest absolute Gasteiger partial charge is 0.427 e. The molecule has 0 atom stereocenters. The van der Waals surface area contributed by atoms with Gasteiger partial charge in [0.25, 0.3) is 0 Å². The number of hydrogen-bond donors (Lipinski definition) is 0. The van der Waals surface area contributed by atoms with Gasteiger partial charge in [-0.2, -0.15) is 0 Å². The minimum Gasteiger partial charge on any atom is -0.427 e. The number of unbranched alkanes of at least 4 members (excludes halogenated alkanes) is 4. The molecular weight excluding hydrogens is 404 g/mol. The van der Waals surface area contributed by atoms with E-state index in [0.717, 1.165) is 36.5 Å². The van der Waals surface area contributed by atoms with Crippen molar-refractivity contribution in [2.24, 2.45) is 23.7 Å². The summed E-state index contributed by atoms with van der Waals surface area (Å²) in [6.07, 6.45) is 24.4. The van der Waals surface area contributed by atoms with Crippen LogP contribution in [0.1, 0.15) is 129 Å². The number of carbonyl (C=O) groups excluding carboxylic acids is 1. The summed E-state index contributed by atoms with van der Waals surface area (Å²) in [6, 6.07) is 8.20. The highest BCUT2D eigenvalue weighted by atomic mass is 16.5. The van der Waals surface area contributed by atoms with Crippen molar-refractivity contribution in [2.75, 3.05) is 0 Å². The Morgan fingerprint density at radius 3 is 1.88 bits per heavy atom. The van der Waals surface area contributed by atoms with Gasteiger partial charge in [-0.1, -0.05) is 90.2 Å². The minimum absolute atomic E-state index is 0.127. The first kappa shape index (κ1) is 26.3. The molecule has 0 amide bonds. The molecule has 2 heteroatoms. The molecule has 2 saturated carbocycles. The second-order valence-corrected chi connectivity index (χ2v) is 11.2. The fourth-order valence-electron chi connectivity index (χ4n) is 6.41. The van der Waals surface area contributed by atoms with Crippen molar-refractivity contribution in [1.29, 1.82) is 0 Å². The van der Waals surface area contributed by atoms with Gasteiger partial charge >= 0.3 is 5.97 Å². The summed E-state index contributed by atoms with van der Waals surface area (Å²) in [5.74, 6) is 4.56. The molecule has 0 N–H and O–H groups in total. The Hall–Kier alpha value is -1.31.